The topological polar surface area (TPSA) is 58.0 Å². The molecule has 0 aliphatic carbocycles. The Kier molecular flexibility index (Phi) is 9.41. The van der Waals surface area contributed by atoms with E-state index in [4.69, 9.17) is 0 Å². The maximum atomic E-state index is 4.32. The van der Waals surface area contributed by atoms with E-state index in [1.54, 1.807) is 24.0 Å². The van der Waals surface area contributed by atoms with E-state index >= 15 is 0 Å². The molecule has 0 bridgehead atoms. The highest BCUT2D eigenvalue weighted by atomic mass is 32.1. The van der Waals surface area contributed by atoms with E-state index in [-0.39, 0.29) is 0 Å². The fourth-order valence-electron chi connectivity index (χ4n) is 6.77. The molecule has 0 N–H and O–H groups in total. The first kappa shape index (κ1) is 33.6. The Morgan fingerprint density at radius 2 is 0.564 bits per heavy atom. The first-order chi connectivity index (χ1) is 27.3. The van der Waals surface area contributed by atoms with Crippen LogP contribution in [0, 0.1) is 0 Å². The van der Waals surface area contributed by atoms with Crippen molar-refractivity contribution in [2.45, 2.75) is 0 Å². The molecular weight excluding hydrogens is 693 g/mol. The summed E-state index contributed by atoms with van der Waals surface area (Å²) in [6.07, 6.45) is 10.5. The van der Waals surface area contributed by atoms with E-state index in [0.29, 0.717) is 0 Å². The maximum absolute atomic E-state index is 4.32. The van der Waals surface area contributed by atoms with Crippen LogP contribution in [0.4, 0.5) is 34.1 Å². The highest BCUT2D eigenvalue weighted by Gasteiger charge is 2.16. The van der Waals surface area contributed by atoms with Crippen LogP contribution in [0.15, 0.2) is 207 Å². The molecule has 262 valence electrons. The molecule has 0 atom stereocenters. The molecule has 0 amide bonds. The Balaban J connectivity index is 0.962. The van der Waals surface area contributed by atoms with Crippen molar-refractivity contribution in [2.75, 3.05) is 9.80 Å². The lowest BCUT2D eigenvalue weighted by atomic mass is 10.0. The lowest BCUT2D eigenvalue weighted by Crippen LogP contribution is -2.10. The Morgan fingerprint density at radius 3 is 0.891 bits per heavy atom. The van der Waals surface area contributed by atoms with Gasteiger partial charge in [0.1, 0.15) is 12.7 Å². The summed E-state index contributed by atoms with van der Waals surface area (Å²) in [4.78, 5) is 24.0. The number of nitrogens with zero attached hydrogens (tertiary/aromatic N) is 6. The third-order valence-corrected chi connectivity index (χ3v) is 10.7. The molecule has 6 nitrogen and oxygen atoms in total. The molecular formula is C48H34N6S. The molecule has 0 saturated carbocycles. The van der Waals surface area contributed by atoms with Crippen LogP contribution in [0.25, 0.3) is 43.1 Å². The van der Waals surface area contributed by atoms with Crippen molar-refractivity contribution in [2.24, 2.45) is 0 Å². The predicted octanol–water partition coefficient (Wildman–Crippen LogP) is 12.9. The number of hydrogen-bond donors (Lipinski definition) is 0. The lowest BCUT2D eigenvalue weighted by molar-refractivity contribution is 1.13. The predicted molar refractivity (Wildman–Crippen MR) is 227 cm³/mol. The van der Waals surface area contributed by atoms with Gasteiger partial charge in [-0.2, -0.15) is 0 Å². The lowest BCUT2D eigenvalue weighted by Gasteiger charge is -2.25. The Hall–Kier alpha value is -7.22. The van der Waals surface area contributed by atoms with Crippen LogP contribution in [0.2, 0.25) is 0 Å². The zero-order valence-corrected chi connectivity index (χ0v) is 30.5. The van der Waals surface area contributed by atoms with Crippen LogP contribution in [0.1, 0.15) is 0 Å². The van der Waals surface area contributed by atoms with Crippen molar-refractivity contribution in [1.82, 2.24) is 19.9 Å². The molecule has 3 aromatic heterocycles. The van der Waals surface area contributed by atoms with Gasteiger partial charge in [0.2, 0.25) is 0 Å². The van der Waals surface area contributed by atoms with Crippen molar-refractivity contribution in [1.29, 1.82) is 0 Å². The molecule has 9 aromatic rings. The highest BCUT2D eigenvalue weighted by molar-refractivity contribution is 7.18. The Bertz CT molecular complexity index is 2410. The Labute approximate surface area is 324 Å². The summed E-state index contributed by atoms with van der Waals surface area (Å²) in [7, 11) is 0. The van der Waals surface area contributed by atoms with Crippen LogP contribution in [-0.2, 0) is 0 Å². The average molecular weight is 727 g/mol. The second-order valence-corrected chi connectivity index (χ2v) is 14.0. The van der Waals surface area contributed by atoms with E-state index in [9.17, 15) is 0 Å². The summed E-state index contributed by atoms with van der Waals surface area (Å²) >= 11 is 1.78. The number of benzene rings is 6. The number of rotatable bonds is 10. The monoisotopic (exact) mass is 726 g/mol. The van der Waals surface area contributed by atoms with Crippen LogP contribution in [0.5, 0.6) is 0 Å². The minimum Gasteiger partial charge on any atom is -0.308 e. The average Bonchev–Trinajstić information content (AvgIpc) is 3.77. The molecule has 0 fully saturated rings. The number of aromatic nitrogens is 4. The first-order valence-corrected chi connectivity index (χ1v) is 18.8. The summed E-state index contributed by atoms with van der Waals surface area (Å²) in [6, 6.07) is 59.9. The van der Waals surface area contributed by atoms with Gasteiger partial charge in [0.05, 0.1) is 36.2 Å². The summed E-state index contributed by atoms with van der Waals surface area (Å²) in [5, 5.41) is 0. The fourth-order valence-corrected chi connectivity index (χ4v) is 7.79. The standard InChI is InChI=1S/C48H34N6S/c1-3-7-35(8-4-1)37-11-19-41(20-12-37)53(45-29-49-33-50-30-45)43-23-15-39(16-24-43)47-27-28-48(55-47)40-17-25-44(26-18-40)54(46-31-51-34-52-32-46)42-21-13-38(14-22-42)36-9-5-2-6-10-36/h1-34H. The van der Waals surface area contributed by atoms with Crippen molar-refractivity contribution in [3.8, 4) is 43.1 Å². The summed E-state index contributed by atoms with van der Waals surface area (Å²) in [5.41, 5.74) is 13.0. The second-order valence-electron chi connectivity index (χ2n) is 12.9. The molecule has 6 aromatic carbocycles. The van der Waals surface area contributed by atoms with Crippen LogP contribution < -0.4 is 9.80 Å². The maximum Gasteiger partial charge on any atom is 0.115 e. The first-order valence-electron chi connectivity index (χ1n) is 18.0. The van der Waals surface area contributed by atoms with Gasteiger partial charge in [-0.3, -0.25) is 0 Å². The van der Waals surface area contributed by atoms with E-state index < -0.39 is 0 Å². The summed E-state index contributed by atoms with van der Waals surface area (Å²) in [6.45, 7) is 0. The molecule has 3 heterocycles. The summed E-state index contributed by atoms with van der Waals surface area (Å²) < 4.78 is 0. The quantitative estimate of drug-likeness (QED) is 0.140. The molecule has 0 aliphatic rings. The van der Waals surface area contributed by atoms with Crippen molar-refractivity contribution in [3.63, 3.8) is 0 Å². The van der Waals surface area contributed by atoms with Gasteiger partial charge in [-0.25, -0.2) is 19.9 Å². The van der Waals surface area contributed by atoms with E-state index in [1.165, 1.54) is 32.0 Å². The van der Waals surface area contributed by atoms with Gasteiger partial charge in [0.25, 0.3) is 0 Å². The smallest absolute Gasteiger partial charge is 0.115 e. The molecule has 0 spiro atoms. The number of anilines is 6. The molecule has 7 heteroatoms. The largest absolute Gasteiger partial charge is 0.308 e. The molecule has 0 aliphatic heterocycles. The van der Waals surface area contributed by atoms with E-state index in [0.717, 1.165) is 45.3 Å². The van der Waals surface area contributed by atoms with Gasteiger partial charge in [0.15, 0.2) is 0 Å². The van der Waals surface area contributed by atoms with Gasteiger partial charge in [0, 0.05) is 32.5 Å². The van der Waals surface area contributed by atoms with Gasteiger partial charge in [-0.05, 0) is 94.0 Å². The number of thiophene rings is 1. The van der Waals surface area contributed by atoms with Crippen molar-refractivity contribution < 1.29 is 0 Å². The second kappa shape index (κ2) is 15.4. The van der Waals surface area contributed by atoms with Gasteiger partial charge in [-0.1, -0.05) is 109 Å². The highest BCUT2D eigenvalue weighted by Crippen LogP contribution is 2.40. The van der Waals surface area contributed by atoms with Gasteiger partial charge in [-0.15, -0.1) is 11.3 Å². The third-order valence-electron chi connectivity index (χ3n) is 9.50. The van der Waals surface area contributed by atoms with E-state index in [1.807, 2.05) is 36.9 Å². The molecule has 0 radical (unpaired) electrons. The Morgan fingerprint density at radius 1 is 0.273 bits per heavy atom. The van der Waals surface area contributed by atoms with Crippen LogP contribution in [-0.4, -0.2) is 19.9 Å². The molecule has 55 heavy (non-hydrogen) atoms. The minimum absolute atomic E-state index is 0.895. The van der Waals surface area contributed by atoms with Crippen LogP contribution >= 0.6 is 11.3 Å². The number of hydrogen-bond acceptors (Lipinski definition) is 7. The molecule has 0 saturated heterocycles. The summed E-state index contributed by atoms with van der Waals surface area (Å²) in [5.74, 6) is 0. The van der Waals surface area contributed by atoms with Crippen molar-refractivity contribution in [3.05, 3.63) is 207 Å². The van der Waals surface area contributed by atoms with Crippen LogP contribution in [0.3, 0.4) is 0 Å². The van der Waals surface area contributed by atoms with Gasteiger partial charge >= 0.3 is 0 Å². The van der Waals surface area contributed by atoms with Gasteiger partial charge < -0.3 is 9.80 Å². The molecule has 9 rings (SSSR count). The SMILES string of the molecule is c1ccc(-c2ccc(N(c3ccc(-c4ccc(-c5ccc(N(c6ccc(-c7ccccc7)cc6)c6cncnc6)cc5)s4)cc3)c3cncnc3)cc2)cc1. The fraction of sp³-hybridized carbons (Fsp3) is 0. The third kappa shape index (κ3) is 7.25. The zero-order chi connectivity index (χ0) is 36.8. The molecule has 0 unspecified atom stereocenters. The minimum atomic E-state index is 0.895. The van der Waals surface area contributed by atoms with E-state index in [2.05, 4.69) is 187 Å². The van der Waals surface area contributed by atoms with Crippen molar-refractivity contribution >= 4 is 45.5 Å². The zero-order valence-electron chi connectivity index (χ0n) is 29.7. The normalized spacial score (nSPS) is 10.9.